The van der Waals surface area contributed by atoms with Gasteiger partial charge in [-0.3, -0.25) is 4.79 Å². The van der Waals surface area contributed by atoms with Gasteiger partial charge in [0.1, 0.15) is 0 Å². The number of aromatic nitrogens is 1. The second kappa shape index (κ2) is 7.43. The summed E-state index contributed by atoms with van der Waals surface area (Å²) in [6.07, 6.45) is 3.17. The predicted octanol–water partition coefficient (Wildman–Crippen LogP) is 5.42. The minimum absolute atomic E-state index is 0.207. The average Bonchev–Trinajstić information content (AvgIpc) is 3.01. The Kier molecular flexibility index (Phi) is 5.08. The number of aryl methyl sites for hydroxylation is 1. The number of carbonyl (C=O) groups excluding carboxylic acids is 1. The minimum atomic E-state index is -0.207. The Morgan fingerprint density at radius 2 is 2.04 bits per heavy atom. The maximum atomic E-state index is 12.1. The number of halogens is 1. The van der Waals surface area contributed by atoms with E-state index in [1.165, 1.54) is 6.08 Å². The summed E-state index contributed by atoms with van der Waals surface area (Å²) in [5, 5.41) is 6.49. The zero-order valence-electron chi connectivity index (χ0n) is 13.0. The molecule has 1 amide bonds. The van der Waals surface area contributed by atoms with E-state index in [0.29, 0.717) is 5.02 Å². The lowest BCUT2D eigenvalue weighted by atomic mass is 10.1. The lowest BCUT2D eigenvalue weighted by Crippen LogP contribution is -2.07. The summed E-state index contributed by atoms with van der Waals surface area (Å²) in [4.78, 5) is 16.6. The molecule has 0 fully saturated rings. The van der Waals surface area contributed by atoms with Crippen LogP contribution in [0.1, 0.15) is 10.6 Å². The minimum Gasteiger partial charge on any atom is -0.322 e. The number of rotatable bonds is 4. The Bertz CT molecular complexity index is 902. The van der Waals surface area contributed by atoms with Crippen molar-refractivity contribution in [1.29, 1.82) is 0 Å². The molecule has 0 atom stereocenters. The van der Waals surface area contributed by atoms with E-state index in [-0.39, 0.29) is 5.91 Å². The standard InChI is InChI=1S/C19H15ClN2OS/c1-13-21-18(12-24-13)15-6-4-7-16(11-15)22-19(23)10-9-14-5-2-3-8-17(14)20/h2-12H,1H3,(H,22,23)/b10-9+. The lowest BCUT2D eigenvalue weighted by molar-refractivity contribution is -0.111. The van der Waals surface area contributed by atoms with Gasteiger partial charge in [-0.25, -0.2) is 4.98 Å². The van der Waals surface area contributed by atoms with Crippen molar-refractivity contribution in [3.63, 3.8) is 0 Å². The largest absolute Gasteiger partial charge is 0.322 e. The number of benzene rings is 2. The molecule has 3 rings (SSSR count). The van der Waals surface area contributed by atoms with Crippen LogP contribution in [0.2, 0.25) is 5.02 Å². The number of carbonyl (C=O) groups is 1. The van der Waals surface area contributed by atoms with Gasteiger partial charge in [-0.15, -0.1) is 11.3 Å². The van der Waals surface area contributed by atoms with Crippen molar-refractivity contribution in [2.45, 2.75) is 6.92 Å². The van der Waals surface area contributed by atoms with Crippen LogP contribution in [0.3, 0.4) is 0 Å². The first kappa shape index (κ1) is 16.4. The number of amides is 1. The van der Waals surface area contributed by atoms with E-state index >= 15 is 0 Å². The molecular weight excluding hydrogens is 340 g/mol. The van der Waals surface area contributed by atoms with Crippen molar-refractivity contribution in [1.82, 2.24) is 4.98 Å². The van der Waals surface area contributed by atoms with Crippen LogP contribution in [0.5, 0.6) is 0 Å². The zero-order valence-corrected chi connectivity index (χ0v) is 14.6. The summed E-state index contributed by atoms with van der Waals surface area (Å²) in [6.45, 7) is 1.97. The summed E-state index contributed by atoms with van der Waals surface area (Å²) < 4.78 is 0. The van der Waals surface area contributed by atoms with Crippen LogP contribution in [0.15, 0.2) is 60.0 Å². The summed E-state index contributed by atoms with van der Waals surface area (Å²) in [5.74, 6) is -0.207. The molecule has 0 radical (unpaired) electrons. The van der Waals surface area contributed by atoms with Crippen LogP contribution in [-0.4, -0.2) is 10.9 Å². The van der Waals surface area contributed by atoms with Crippen LogP contribution in [0.25, 0.3) is 17.3 Å². The summed E-state index contributed by atoms with van der Waals surface area (Å²) in [5.41, 5.74) is 3.43. The maximum absolute atomic E-state index is 12.1. The molecule has 120 valence electrons. The predicted molar refractivity (Wildman–Crippen MR) is 101 cm³/mol. The van der Waals surface area contributed by atoms with Crippen molar-refractivity contribution in [3.8, 4) is 11.3 Å². The number of hydrogen-bond acceptors (Lipinski definition) is 3. The fraction of sp³-hybridized carbons (Fsp3) is 0.0526. The number of hydrogen-bond donors (Lipinski definition) is 1. The third-order valence-electron chi connectivity index (χ3n) is 3.36. The van der Waals surface area contributed by atoms with E-state index in [1.54, 1.807) is 23.5 Å². The van der Waals surface area contributed by atoms with Crippen LogP contribution < -0.4 is 5.32 Å². The summed E-state index contributed by atoms with van der Waals surface area (Å²) in [6, 6.07) is 15.0. The number of nitrogens with one attached hydrogen (secondary N) is 1. The molecule has 0 aliphatic heterocycles. The van der Waals surface area contributed by atoms with E-state index in [9.17, 15) is 4.79 Å². The van der Waals surface area contributed by atoms with E-state index < -0.39 is 0 Å². The van der Waals surface area contributed by atoms with Gasteiger partial charge in [0.25, 0.3) is 0 Å². The monoisotopic (exact) mass is 354 g/mol. The smallest absolute Gasteiger partial charge is 0.248 e. The molecular formula is C19H15ClN2OS. The van der Waals surface area contributed by atoms with Crippen molar-refractivity contribution < 1.29 is 4.79 Å². The van der Waals surface area contributed by atoms with Crippen LogP contribution in [-0.2, 0) is 4.79 Å². The quantitative estimate of drug-likeness (QED) is 0.635. The molecule has 2 aromatic carbocycles. The van der Waals surface area contributed by atoms with E-state index in [2.05, 4.69) is 10.3 Å². The highest BCUT2D eigenvalue weighted by atomic mass is 35.5. The molecule has 24 heavy (non-hydrogen) atoms. The Balaban J connectivity index is 1.72. The highest BCUT2D eigenvalue weighted by Gasteiger charge is 2.04. The molecule has 0 aliphatic carbocycles. The van der Waals surface area contributed by atoms with Gasteiger partial charge in [0.05, 0.1) is 10.7 Å². The first-order chi connectivity index (χ1) is 11.6. The maximum Gasteiger partial charge on any atom is 0.248 e. The fourth-order valence-corrected chi connectivity index (χ4v) is 3.03. The Morgan fingerprint density at radius 1 is 1.21 bits per heavy atom. The molecule has 0 saturated carbocycles. The molecule has 3 nitrogen and oxygen atoms in total. The van der Waals surface area contributed by atoms with Crippen LogP contribution in [0, 0.1) is 6.92 Å². The topological polar surface area (TPSA) is 42.0 Å². The van der Waals surface area contributed by atoms with Gasteiger partial charge in [-0.1, -0.05) is 41.9 Å². The van der Waals surface area contributed by atoms with Gasteiger partial charge >= 0.3 is 0 Å². The Morgan fingerprint density at radius 3 is 2.79 bits per heavy atom. The third kappa shape index (κ3) is 4.10. The van der Waals surface area contributed by atoms with Gasteiger partial charge in [-0.2, -0.15) is 0 Å². The van der Waals surface area contributed by atoms with E-state index in [0.717, 1.165) is 27.5 Å². The molecule has 1 heterocycles. The Labute approximate surface area is 149 Å². The first-order valence-electron chi connectivity index (χ1n) is 7.38. The molecule has 1 aromatic heterocycles. The van der Waals surface area contributed by atoms with Crippen molar-refractivity contribution >= 4 is 40.6 Å². The average molecular weight is 355 g/mol. The zero-order chi connectivity index (χ0) is 16.9. The molecule has 5 heteroatoms. The highest BCUT2D eigenvalue weighted by Crippen LogP contribution is 2.24. The highest BCUT2D eigenvalue weighted by molar-refractivity contribution is 7.09. The Hall–Kier alpha value is -2.43. The normalized spacial score (nSPS) is 10.9. The summed E-state index contributed by atoms with van der Waals surface area (Å²) >= 11 is 7.67. The molecule has 1 N–H and O–H groups in total. The summed E-state index contributed by atoms with van der Waals surface area (Å²) in [7, 11) is 0. The van der Waals surface area contributed by atoms with Gasteiger partial charge in [0.15, 0.2) is 0 Å². The number of thiazole rings is 1. The molecule has 3 aromatic rings. The molecule has 0 bridgehead atoms. The van der Waals surface area contributed by atoms with Crippen LogP contribution in [0.4, 0.5) is 5.69 Å². The molecule has 0 spiro atoms. The van der Waals surface area contributed by atoms with Crippen molar-refractivity contribution in [3.05, 3.63) is 75.6 Å². The second-order valence-electron chi connectivity index (χ2n) is 5.18. The van der Waals surface area contributed by atoms with Gasteiger partial charge < -0.3 is 5.32 Å². The van der Waals surface area contributed by atoms with Crippen molar-refractivity contribution in [2.75, 3.05) is 5.32 Å². The van der Waals surface area contributed by atoms with Crippen molar-refractivity contribution in [2.24, 2.45) is 0 Å². The number of anilines is 1. The van der Waals surface area contributed by atoms with Gasteiger partial charge in [-0.05, 0) is 36.8 Å². The lowest BCUT2D eigenvalue weighted by Gasteiger charge is -2.04. The van der Waals surface area contributed by atoms with Gasteiger partial charge in [0.2, 0.25) is 5.91 Å². The fourth-order valence-electron chi connectivity index (χ4n) is 2.21. The molecule has 0 aliphatic rings. The second-order valence-corrected chi connectivity index (χ2v) is 6.65. The van der Waals surface area contributed by atoms with E-state index in [1.807, 2.05) is 54.8 Å². The van der Waals surface area contributed by atoms with Crippen LogP contribution >= 0.6 is 22.9 Å². The molecule has 0 unspecified atom stereocenters. The third-order valence-corrected chi connectivity index (χ3v) is 4.48. The SMILES string of the molecule is Cc1nc(-c2cccc(NC(=O)/C=C/c3ccccc3Cl)c2)cs1. The van der Waals surface area contributed by atoms with Gasteiger partial charge in [0, 0.05) is 27.7 Å². The molecule has 0 saturated heterocycles. The van der Waals surface area contributed by atoms with E-state index in [4.69, 9.17) is 11.6 Å². The number of nitrogens with zero attached hydrogens (tertiary/aromatic N) is 1. The first-order valence-corrected chi connectivity index (χ1v) is 8.64.